The molecule has 0 aromatic carbocycles. The summed E-state index contributed by atoms with van der Waals surface area (Å²) in [4.78, 5) is 11.4. The molecule has 2 heterocycles. The number of rotatable bonds is 6. The molecule has 2 saturated heterocycles. The SMILES string of the molecule is CC(=O)O[C@]1(O)[C@H](O)[C@@H](CO)O[C@@](Cl)(OC2(CO)O[C@H](CO)[C@@H](O)[C@@H]2O)[C@@]1(O)Cl. The number of carbonyl (C=O) groups is 1. The van der Waals surface area contributed by atoms with Crippen molar-refractivity contribution in [2.45, 2.75) is 59.3 Å². The second-order valence-electron chi connectivity index (χ2n) is 6.58. The van der Waals surface area contributed by atoms with Gasteiger partial charge in [-0.1, -0.05) is 23.2 Å². The van der Waals surface area contributed by atoms with E-state index in [4.69, 9.17) is 37.4 Å². The molecule has 0 aromatic heterocycles. The molecule has 2 aliphatic rings. The van der Waals surface area contributed by atoms with Gasteiger partial charge in [-0.3, -0.25) is 9.53 Å². The van der Waals surface area contributed by atoms with Gasteiger partial charge < -0.3 is 55.1 Å². The lowest BCUT2D eigenvalue weighted by Crippen LogP contribution is -2.78. The molecule has 2 fully saturated rings. The van der Waals surface area contributed by atoms with Gasteiger partial charge in [0.2, 0.25) is 5.79 Å². The van der Waals surface area contributed by atoms with E-state index in [2.05, 4.69) is 4.74 Å². The third-order valence-electron chi connectivity index (χ3n) is 4.62. The number of ether oxygens (including phenoxy) is 4. The van der Waals surface area contributed by atoms with E-state index in [1.54, 1.807) is 0 Å². The molecule has 1 unspecified atom stereocenters. The van der Waals surface area contributed by atoms with Gasteiger partial charge in [0.15, 0.2) is 6.10 Å². The maximum absolute atomic E-state index is 11.4. The molecule has 2 rings (SSSR count). The van der Waals surface area contributed by atoms with Crippen LogP contribution in [0.4, 0.5) is 0 Å². The Morgan fingerprint density at radius 3 is 1.97 bits per heavy atom. The maximum atomic E-state index is 11.4. The largest absolute Gasteiger partial charge is 0.425 e. The Bertz CT molecular complexity index is 622. The van der Waals surface area contributed by atoms with Crippen molar-refractivity contribution < 1.29 is 64.6 Å². The lowest BCUT2D eigenvalue weighted by atomic mass is 9.93. The highest BCUT2D eigenvalue weighted by molar-refractivity contribution is 6.33. The van der Waals surface area contributed by atoms with Crippen molar-refractivity contribution in [3.63, 3.8) is 0 Å². The van der Waals surface area contributed by atoms with Crippen LogP contribution in [0, 0.1) is 0 Å². The highest BCUT2D eigenvalue weighted by atomic mass is 35.5. The minimum Gasteiger partial charge on any atom is -0.425 e. The summed E-state index contributed by atoms with van der Waals surface area (Å²) in [6.45, 7) is -2.35. The lowest BCUT2D eigenvalue weighted by molar-refractivity contribution is -0.454. The molecule has 0 radical (unpaired) electrons. The number of hydrogen-bond donors (Lipinski definition) is 8. The summed E-state index contributed by atoms with van der Waals surface area (Å²) in [6.07, 6.45) is -9.58. The summed E-state index contributed by atoms with van der Waals surface area (Å²) in [7, 11) is 0. The van der Waals surface area contributed by atoms with Gasteiger partial charge >= 0.3 is 11.2 Å². The number of halogens is 2. The third kappa shape index (κ3) is 3.74. The van der Waals surface area contributed by atoms with Gasteiger partial charge in [0.1, 0.15) is 31.0 Å². The normalized spacial score (nSPS) is 50.5. The fraction of sp³-hybridized carbons (Fsp3) is 0.929. The van der Waals surface area contributed by atoms with Gasteiger partial charge in [-0.25, -0.2) is 0 Å². The Morgan fingerprint density at radius 2 is 1.55 bits per heavy atom. The molecule has 0 spiro atoms. The zero-order valence-electron chi connectivity index (χ0n) is 14.9. The standard InChI is InChI=1S/C14H22Cl2O13/c1-5(20)26-12(24)9(22)7(3-18)28-14(16,13(12,15)25)29-11(4-19)10(23)8(21)6(2-17)27-11/h6-10,17-19,21-25H,2-4H2,1H3/t6-,7-,8-,9-,10+,11?,12-,13-,14-/m1/s1. The Labute approximate surface area is 173 Å². The van der Waals surface area contributed by atoms with Gasteiger partial charge in [0.05, 0.1) is 13.2 Å². The van der Waals surface area contributed by atoms with Gasteiger partial charge in [-0.2, -0.15) is 0 Å². The second-order valence-corrected chi connectivity index (χ2v) is 7.62. The molecule has 170 valence electrons. The van der Waals surface area contributed by atoms with Crippen molar-refractivity contribution in [1.29, 1.82) is 0 Å². The zero-order chi connectivity index (χ0) is 22.4. The quantitative estimate of drug-likeness (QED) is 0.105. The number of carbonyl (C=O) groups excluding carboxylic acids is 1. The van der Waals surface area contributed by atoms with E-state index >= 15 is 0 Å². The van der Waals surface area contributed by atoms with Crippen LogP contribution >= 0.6 is 23.2 Å². The molecule has 9 atom stereocenters. The first kappa shape index (κ1) is 24.9. The third-order valence-corrected chi connectivity index (χ3v) is 5.67. The van der Waals surface area contributed by atoms with Crippen LogP contribution in [0.25, 0.3) is 0 Å². The first-order valence-corrected chi connectivity index (χ1v) is 8.95. The Kier molecular flexibility index (Phi) is 7.10. The summed E-state index contributed by atoms with van der Waals surface area (Å²) >= 11 is 12.0. The molecule has 0 amide bonds. The van der Waals surface area contributed by atoms with Crippen LogP contribution in [0.1, 0.15) is 6.92 Å². The molecule has 29 heavy (non-hydrogen) atoms. The van der Waals surface area contributed by atoms with E-state index in [0.717, 1.165) is 6.92 Å². The second kappa shape index (κ2) is 8.27. The van der Waals surface area contributed by atoms with E-state index in [1.807, 2.05) is 0 Å². The van der Waals surface area contributed by atoms with Gasteiger partial charge in [0.25, 0.3) is 10.8 Å². The molecule has 13 nitrogen and oxygen atoms in total. The van der Waals surface area contributed by atoms with E-state index in [0.29, 0.717) is 0 Å². The molecule has 8 N–H and O–H groups in total. The molecule has 2 aliphatic heterocycles. The van der Waals surface area contributed by atoms with E-state index in [-0.39, 0.29) is 0 Å². The Hall–Kier alpha value is -0.390. The molecule has 0 saturated carbocycles. The monoisotopic (exact) mass is 468 g/mol. The zero-order valence-corrected chi connectivity index (χ0v) is 16.4. The van der Waals surface area contributed by atoms with Crippen LogP contribution in [0.5, 0.6) is 0 Å². The van der Waals surface area contributed by atoms with Crippen molar-refractivity contribution in [3.05, 3.63) is 0 Å². The van der Waals surface area contributed by atoms with Crippen LogP contribution in [0.2, 0.25) is 0 Å². The van der Waals surface area contributed by atoms with Gasteiger partial charge in [0, 0.05) is 6.92 Å². The summed E-state index contributed by atoms with van der Waals surface area (Å²) < 4.78 is 19.8. The van der Waals surface area contributed by atoms with Crippen molar-refractivity contribution in [2.24, 2.45) is 0 Å². The van der Waals surface area contributed by atoms with Crippen LogP contribution in [0.15, 0.2) is 0 Å². The Balaban J connectivity index is 2.52. The predicted octanol–water partition coefficient (Wildman–Crippen LogP) is -4.37. The van der Waals surface area contributed by atoms with Gasteiger partial charge in [-0.15, -0.1) is 0 Å². The minimum absolute atomic E-state index is 0.791. The first-order valence-electron chi connectivity index (χ1n) is 8.20. The molecule has 0 aliphatic carbocycles. The maximum Gasteiger partial charge on any atom is 0.305 e. The Morgan fingerprint density at radius 1 is 1.00 bits per heavy atom. The van der Waals surface area contributed by atoms with Crippen molar-refractivity contribution >= 4 is 29.2 Å². The van der Waals surface area contributed by atoms with Crippen LogP contribution < -0.4 is 0 Å². The highest BCUT2D eigenvalue weighted by Gasteiger charge is 2.77. The number of esters is 1. The average molecular weight is 469 g/mol. The molecule has 15 heteroatoms. The summed E-state index contributed by atoms with van der Waals surface area (Å²) in [6, 6.07) is 0. The van der Waals surface area contributed by atoms with Gasteiger partial charge in [-0.05, 0) is 0 Å². The van der Waals surface area contributed by atoms with Crippen LogP contribution in [0.3, 0.4) is 0 Å². The smallest absolute Gasteiger partial charge is 0.305 e. The van der Waals surface area contributed by atoms with E-state index < -0.39 is 78.2 Å². The minimum atomic E-state index is -3.54. The molecule has 0 aromatic rings. The molecular formula is C14H22Cl2O13. The summed E-state index contributed by atoms with van der Waals surface area (Å²) in [5.41, 5.74) is 0. The van der Waals surface area contributed by atoms with Crippen LogP contribution in [-0.4, -0.2) is 119 Å². The van der Waals surface area contributed by atoms with Crippen LogP contribution in [-0.2, 0) is 23.7 Å². The summed E-state index contributed by atoms with van der Waals surface area (Å²) in [5, 5.41) is 73.2. The fourth-order valence-electron chi connectivity index (χ4n) is 3.05. The molecular weight excluding hydrogens is 447 g/mol. The van der Waals surface area contributed by atoms with Crippen molar-refractivity contribution in [2.75, 3.05) is 19.8 Å². The predicted molar refractivity (Wildman–Crippen MR) is 88.9 cm³/mol. The number of aliphatic hydroxyl groups excluding tert-OH is 6. The average Bonchev–Trinajstić information content (AvgIpc) is 2.88. The lowest BCUT2D eigenvalue weighted by Gasteiger charge is -2.55. The van der Waals surface area contributed by atoms with Crippen molar-refractivity contribution in [1.82, 2.24) is 0 Å². The summed E-state index contributed by atoms with van der Waals surface area (Å²) in [5.74, 6) is -7.34. The van der Waals surface area contributed by atoms with E-state index in [9.17, 15) is 45.6 Å². The number of aliphatic hydroxyl groups is 8. The first-order chi connectivity index (χ1) is 13.2. The highest BCUT2D eigenvalue weighted by Crippen LogP contribution is 2.53. The topological polar surface area (TPSA) is 216 Å². The molecule has 0 bridgehead atoms. The fourth-order valence-corrected chi connectivity index (χ4v) is 3.66. The van der Waals surface area contributed by atoms with Crippen molar-refractivity contribution in [3.8, 4) is 0 Å². The number of alkyl halides is 2. The number of hydrogen-bond acceptors (Lipinski definition) is 13. The van der Waals surface area contributed by atoms with E-state index in [1.165, 1.54) is 0 Å².